The van der Waals surface area contributed by atoms with Gasteiger partial charge >= 0.3 is 0 Å². The molecule has 0 spiro atoms. The smallest absolute Gasteiger partial charge is 0.227 e. The molecule has 1 N–H and O–H groups in total. The first-order valence-electron chi connectivity index (χ1n) is 8.63. The van der Waals surface area contributed by atoms with Crippen molar-refractivity contribution in [2.75, 3.05) is 39.8 Å². The average molecular weight is 477 g/mol. The predicted octanol–water partition coefficient (Wildman–Crippen LogP) is 2.63. The van der Waals surface area contributed by atoms with Crippen LogP contribution in [0, 0.1) is 5.92 Å². The number of nitrogens with zero attached hydrogens (tertiary/aromatic N) is 3. The van der Waals surface area contributed by atoms with Crippen LogP contribution in [0.5, 0.6) is 0 Å². The topological polar surface area (TPSA) is 47.9 Å². The number of hydrogen-bond acceptors (Lipinski definition) is 2. The number of carbonyl (C=O) groups excluding carboxylic acids is 1. The Morgan fingerprint density at radius 2 is 1.92 bits per heavy atom. The summed E-state index contributed by atoms with van der Waals surface area (Å²) < 4.78 is 0. The standard InChI is InChI=1S/C18H25ClN4O.HI/c1-20-18(21-13-14-5-6-14)23-9-7-22(8-10-23)17(24)12-15-3-2-4-16(19)11-15;/h2-4,11,14H,5-10,12-13H2,1H3,(H,20,21);1H. The van der Waals surface area contributed by atoms with Gasteiger partial charge in [-0.05, 0) is 36.5 Å². The molecule has 5 nitrogen and oxygen atoms in total. The van der Waals surface area contributed by atoms with Crippen LogP contribution in [0.4, 0.5) is 0 Å². The molecule has 7 heteroatoms. The van der Waals surface area contributed by atoms with E-state index in [2.05, 4.69) is 15.2 Å². The fourth-order valence-corrected chi connectivity index (χ4v) is 3.20. The van der Waals surface area contributed by atoms with Crippen molar-refractivity contribution in [1.29, 1.82) is 0 Å². The van der Waals surface area contributed by atoms with Crippen LogP contribution in [-0.2, 0) is 11.2 Å². The van der Waals surface area contributed by atoms with Crippen molar-refractivity contribution >= 4 is 47.4 Å². The fraction of sp³-hybridized carbons (Fsp3) is 0.556. The maximum atomic E-state index is 12.5. The Hall–Kier alpha value is -1.02. The first-order chi connectivity index (χ1) is 11.7. The lowest BCUT2D eigenvalue weighted by atomic mass is 10.1. The van der Waals surface area contributed by atoms with Gasteiger partial charge in [-0.2, -0.15) is 0 Å². The molecule has 138 valence electrons. The van der Waals surface area contributed by atoms with Gasteiger partial charge in [-0.1, -0.05) is 23.7 Å². The lowest BCUT2D eigenvalue weighted by Crippen LogP contribution is -2.54. The Bertz CT molecular complexity index is 613. The third kappa shape index (κ3) is 6.02. The third-order valence-electron chi connectivity index (χ3n) is 4.63. The highest BCUT2D eigenvalue weighted by atomic mass is 127. The summed E-state index contributed by atoms with van der Waals surface area (Å²) in [6.45, 7) is 4.14. The molecule has 2 aliphatic rings. The van der Waals surface area contributed by atoms with Gasteiger partial charge in [0.25, 0.3) is 0 Å². The van der Waals surface area contributed by atoms with Crippen LogP contribution >= 0.6 is 35.6 Å². The van der Waals surface area contributed by atoms with Crippen molar-refractivity contribution in [3.63, 3.8) is 0 Å². The Labute approximate surface area is 171 Å². The van der Waals surface area contributed by atoms with Crippen molar-refractivity contribution < 1.29 is 4.79 Å². The van der Waals surface area contributed by atoms with E-state index in [9.17, 15) is 4.79 Å². The quantitative estimate of drug-likeness (QED) is 0.413. The largest absolute Gasteiger partial charge is 0.356 e. The molecule has 3 rings (SSSR count). The average Bonchev–Trinajstić information content (AvgIpc) is 3.40. The first kappa shape index (κ1) is 20.3. The molecular formula is C18H26ClIN4O. The molecule has 2 fully saturated rings. The molecule has 0 radical (unpaired) electrons. The zero-order valence-electron chi connectivity index (χ0n) is 14.6. The van der Waals surface area contributed by atoms with Crippen LogP contribution in [0.2, 0.25) is 5.02 Å². The van der Waals surface area contributed by atoms with Gasteiger partial charge in [0.15, 0.2) is 5.96 Å². The van der Waals surface area contributed by atoms with Gasteiger partial charge in [-0.3, -0.25) is 9.79 Å². The van der Waals surface area contributed by atoms with Gasteiger partial charge < -0.3 is 15.1 Å². The second-order valence-electron chi connectivity index (χ2n) is 6.55. The third-order valence-corrected chi connectivity index (χ3v) is 4.87. The van der Waals surface area contributed by atoms with Gasteiger partial charge in [0.05, 0.1) is 6.42 Å². The zero-order chi connectivity index (χ0) is 16.9. The molecule has 0 bridgehead atoms. The molecule has 1 saturated carbocycles. The van der Waals surface area contributed by atoms with E-state index >= 15 is 0 Å². The second kappa shape index (κ2) is 9.62. The normalized spacial score (nSPS) is 17.9. The maximum Gasteiger partial charge on any atom is 0.227 e. The number of guanidine groups is 1. The minimum atomic E-state index is 0. The van der Waals surface area contributed by atoms with Crippen LogP contribution < -0.4 is 5.32 Å². The lowest BCUT2D eigenvalue weighted by Gasteiger charge is -2.36. The van der Waals surface area contributed by atoms with Crippen LogP contribution in [0.15, 0.2) is 29.3 Å². The zero-order valence-corrected chi connectivity index (χ0v) is 17.7. The first-order valence-corrected chi connectivity index (χ1v) is 9.01. The van der Waals surface area contributed by atoms with Crippen LogP contribution in [-0.4, -0.2) is 61.4 Å². The number of carbonyl (C=O) groups is 1. The summed E-state index contributed by atoms with van der Waals surface area (Å²) in [6, 6.07) is 7.52. The number of amides is 1. The summed E-state index contributed by atoms with van der Waals surface area (Å²) in [5.41, 5.74) is 0.969. The summed E-state index contributed by atoms with van der Waals surface area (Å²) >= 11 is 5.99. The summed E-state index contributed by atoms with van der Waals surface area (Å²) in [5, 5.41) is 4.13. The van der Waals surface area contributed by atoms with E-state index in [0.717, 1.165) is 50.2 Å². The van der Waals surface area contributed by atoms with Gasteiger partial charge in [0, 0.05) is 44.8 Å². The van der Waals surface area contributed by atoms with Crippen molar-refractivity contribution in [2.24, 2.45) is 10.9 Å². The molecule has 1 aliphatic heterocycles. The summed E-state index contributed by atoms with van der Waals surface area (Å²) in [4.78, 5) is 21.0. The highest BCUT2D eigenvalue weighted by molar-refractivity contribution is 14.0. The van der Waals surface area contributed by atoms with Crippen molar-refractivity contribution in [2.45, 2.75) is 19.3 Å². The number of benzene rings is 1. The fourth-order valence-electron chi connectivity index (χ4n) is 2.99. The maximum absolute atomic E-state index is 12.5. The van der Waals surface area contributed by atoms with E-state index in [1.807, 2.05) is 36.2 Å². The monoisotopic (exact) mass is 476 g/mol. The minimum Gasteiger partial charge on any atom is -0.356 e. The molecule has 1 amide bonds. The van der Waals surface area contributed by atoms with Crippen molar-refractivity contribution in [3.05, 3.63) is 34.9 Å². The molecule has 1 heterocycles. The molecule has 0 atom stereocenters. The summed E-state index contributed by atoms with van der Waals surface area (Å²) in [6.07, 6.45) is 3.07. The molecule has 1 aliphatic carbocycles. The number of nitrogens with one attached hydrogen (secondary N) is 1. The van der Waals surface area contributed by atoms with Crippen molar-refractivity contribution in [3.8, 4) is 0 Å². The Kier molecular flexibility index (Phi) is 7.81. The van der Waals surface area contributed by atoms with E-state index in [-0.39, 0.29) is 29.9 Å². The van der Waals surface area contributed by atoms with E-state index in [0.29, 0.717) is 11.4 Å². The summed E-state index contributed by atoms with van der Waals surface area (Å²) in [7, 11) is 1.83. The molecule has 25 heavy (non-hydrogen) atoms. The Morgan fingerprint density at radius 1 is 1.24 bits per heavy atom. The number of piperazine rings is 1. The van der Waals surface area contributed by atoms with Gasteiger partial charge in [0.1, 0.15) is 0 Å². The van der Waals surface area contributed by atoms with Gasteiger partial charge in [-0.15, -0.1) is 24.0 Å². The molecular weight excluding hydrogens is 451 g/mol. The predicted molar refractivity (Wildman–Crippen MR) is 113 cm³/mol. The van der Waals surface area contributed by atoms with E-state index in [1.165, 1.54) is 12.8 Å². The second-order valence-corrected chi connectivity index (χ2v) is 6.98. The summed E-state index contributed by atoms with van der Waals surface area (Å²) in [5.74, 6) is 1.95. The van der Waals surface area contributed by atoms with E-state index in [4.69, 9.17) is 11.6 Å². The lowest BCUT2D eigenvalue weighted by molar-refractivity contribution is -0.131. The van der Waals surface area contributed by atoms with Crippen molar-refractivity contribution in [1.82, 2.24) is 15.1 Å². The number of hydrogen-bond donors (Lipinski definition) is 1. The number of aliphatic imine (C=N–C) groups is 1. The van der Waals surface area contributed by atoms with Crippen LogP contribution in [0.3, 0.4) is 0 Å². The molecule has 0 unspecified atom stereocenters. The van der Waals surface area contributed by atoms with E-state index < -0.39 is 0 Å². The van der Waals surface area contributed by atoms with Crippen LogP contribution in [0.25, 0.3) is 0 Å². The van der Waals surface area contributed by atoms with Crippen LogP contribution in [0.1, 0.15) is 18.4 Å². The number of halogens is 2. The van der Waals surface area contributed by atoms with Gasteiger partial charge in [-0.25, -0.2) is 0 Å². The SMILES string of the molecule is CN=C(NCC1CC1)N1CCN(C(=O)Cc2cccc(Cl)c2)CC1.I. The molecule has 1 aromatic carbocycles. The molecule has 1 aromatic rings. The van der Waals surface area contributed by atoms with Gasteiger partial charge in [0.2, 0.25) is 5.91 Å². The Balaban J connectivity index is 0.00000225. The van der Waals surface area contributed by atoms with E-state index in [1.54, 1.807) is 0 Å². The minimum absolute atomic E-state index is 0. The molecule has 1 saturated heterocycles. The highest BCUT2D eigenvalue weighted by Gasteiger charge is 2.25. The highest BCUT2D eigenvalue weighted by Crippen LogP contribution is 2.27. The number of rotatable bonds is 4. The Morgan fingerprint density at radius 3 is 2.52 bits per heavy atom. The molecule has 0 aromatic heterocycles.